The molecular weight excluding hydrogens is 234 g/mol. The lowest BCUT2D eigenvalue weighted by Crippen LogP contribution is -2.53. The van der Waals surface area contributed by atoms with Crippen LogP contribution in [0.5, 0.6) is 0 Å². The van der Waals surface area contributed by atoms with Gasteiger partial charge in [-0.15, -0.1) is 0 Å². The third-order valence-electron chi connectivity index (χ3n) is 3.32. The first kappa shape index (κ1) is 13.0. The Balaban J connectivity index is 2.02. The molecule has 5 nitrogen and oxygen atoms in total. The molecule has 1 heterocycles. The minimum atomic E-state index is -1.28. The summed E-state index contributed by atoms with van der Waals surface area (Å²) in [7, 11) is 0. The van der Waals surface area contributed by atoms with E-state index in [1.54, 1.807) is 0 Å². The quantitative estimate of drug-likeness (QED) is 0.818. The van der Waals surface area contributed by atoms with Crippen molar-refractivity contribution in [2.75, 3.05) is 13.2 Å². The van der Waals surface area contributed by atoms with Gasteiger partial charge < -0.3 is 10.2 Å². The van der Waals surface area contributed by atoms with E-state index < -0.39 is 18.1 Å². The van der Waals surface area contributed by atoms with Gasteiger partial charge in [-0.25, -0.2) is 0 Å². The molecule has 0 amide bonds. The van der Waals surface area contributed by atoms with Crippen molar-refractivity contribution < 1.29 is 19.8 Å². The standard InChI is InChI=1S/C13H17NO4/c15-10-13(12(16)17)7-4-8-14(13)18-9-11-5-2-1-3-6-11/h1-3,5-6,15H,4,7-10H2,(H,16,17). The van der Waals surface area contributed by atoms with E-state index in [4.69, 9.17) is 4.84 Å². The number of benzene rings is 1. The molecule has 0 radical (unpaired) electrons. The summed E-state index contributed by atoms with van der Waals surface area (Å²) in [4.78, 5) is 16.8. The molecule has 0 spiro atoms. The summed E-state index contributed by atoms with van der Waals surface area (Å²) < 4.78 is 0. The zero-order valence-electron chi connectivity index (χ0n) is 10.1. The van der Waals surface area contributed by atoms with Gasteiger partial charge in [0.2, 0.25) is 0 Å². The Kier molecular flexibility index (Phi) is 3.96. The molecule has 1 aliphatic heterocycles. The summed E-state index contributed by atoms with van der Waals surface area (Å²) in [5.41, 5.74) is -0.309. The molecular formula is C13H17NO4. The van der Waals surface area contributed by atoms with Crippen LogP contribution in [0.3, 0.4) is 0 Å². The van der Waals surface area contributed by atoms with Crippen LogP contribution in [-0.2, 0) is 16.2 Å². The van der Waals surface area contributed by atoms with Crippen LogP contribution in [0.4, 0.5) is 0 Å². The van der Waals surface area contributed by atoms with Crippen molar-refractivity contribution in [3.8, 4) is 0 Å². The average molecular weight is 251 g/mol. The number of rotatable bonds is 5. The number of nitrogens with zero attached hydrogens (tertiary/aromatic N) is 1. The number of aliphatic hydroxyl groups is 1. The topological polar surface area (TPSA) is 70.0 Å². The Morgan fingerprint density at radius 2 is 2.11 bits per heavy atom. The number of aliphatic hydroxyl groups excluding tert-OH is 1. The van der Waals surface area contributed by atoms with Gasteiger partial charge in [0.1, 0.15) is 0 Å². The molecule has 0 bridgehead atoms. The third kappa shape index (κ3) is 2.38. The summed E-state index contributed by atoms with van der Waals surface area (Å²) in [6, 6.07) is 9.54. The van der Waals surface area contributed by atoms with E-state index in [1.807, 2.05) is 30.3 Å². The van der Waals surface area contributed by atoms with Gasteiger partial charge in [-0.2, -0.15) is 5.06 Å². The molecule has 1 unspecified atom stereocenters. The Labute approximate surface area is 106 Å². The minimum Gasteiger partial charge on any atom is -0.480 e. The van der Waals surface area contributed by atoms with E-state index in [0.717, 1.165) is 5.56 Å². The first-order valence-corrected chi connectivity index (χ1v) is 5.98. The fourth-order valence-electron chi connectivity index (χ4n) is 2.21. The minimum absolute atomic E-state index is 0.315. The molecule has 0 saturated carbocycles. The summed E-state index contributed by atoms with van der Waals surface area (Å²) >= 11 is 0. The Bertz CT molecular complexity index is 409. The first-order chi connectivity index (χ1) is 8.69. The van der Waals surface area contributed by atoms with Crippen LogP contribution in [-0.4, -0.2) is 39.9 Å². The Hall–Kier alpha value is -1.43. The van der Waals surface area contributed by atoms with Crippen LogP contribution in [0.1, 0.15) is 18.4 Å². The lowest BCUT2D eigenvalue weighted by atomic mass is 9.99. The van der Waals surface area contributed by atoms with Crippen molar-refractivity contribution in [2.24, 2.45) is 0 Å². The summed E-state index contributed by atoms with van der Waals surface area (Å²) in [5, 5.41) is 20.0. The van der Waals surface area contributed by atoms with Crippen LogP contribution in [0, 0.1) is 0 Å². The van der Waals surface area contributed by atoms with Crippen molar-refractivity contribution in [3.05, 3.63) is 35.9 Å². The number of hydrogen-bond acceptors (Lipinski definition) is 4. The van der Waals surface area contributed by atoms with Crippen LogP contribution >= 0.6 is 0 Å². The first-order valence-electron chi connectivity index (χ1n) is 5.98. The summed E-state index contributed by atoms with van der Waals surface area (Å²) in [5.74, 6) is -1.03. The van der Waals surface area contributed by atoms with E-state index in [2.05, 4.69) is 0 Å². The lowest BCUT2D eigenvalue weighted by molar-refractivity contribution is -0.228. The smallest absolute Gasteiger partial charge is 0.328 e. The SMILES string of the molecule is O=C(O)C1(CO)CCCN1OCc1ccccc1. The van der Waals surface area contributed by atoms with Gasteiger partial charge in [-0.05, 0) is 18.4 Å². The molecule has 2 rings (SSSR count). The second kappa shape index (κ2) is 5.48. The molecule has 1 aromatic rings. The maximum atomic E-state index is 11.3. The molecule has 0 aliphatic carbocycles. The highest BCUT2D eigenvalue weighted by Gasteiger charge is 2.48. The second-order valence-corrected chi connectivity index (χ2v) is 4.46. The second-order valence-electron chi connectivity index (χ2n) is 4.46. The fourth-order valence-corrected chi connectivity index (χ4v) is 2.21. The fraction of sp³-hybridized carbons (Fsp3) is 0.462. The van der Waals surface area contributed by atoms with Gasteiger partial charge in [0.25, 0.3) is 0 Å². The normalized spacial score (nSPS) is 24.3. The molecule has 0 aromatic heterocycles. The summed E-state index contributed by atoms with van der Waals surface area (Å²) in [6.07, 6.45) is 1.12. The predicted octanol–water partition coefficient (Wildman–Crippen LogP) is 1.03. The maximum absolute atomic E-state index is 11.3. The predicted molar refractivity (Wildman–Crippen MR) is 64.6 cm³/mol. The molecule has 1 saturated heterocycles. The molecule has 18 heavy (non-hydrogen) atoms. The van der Waals surface area contributed by atoms with E-state index in [9.17, 15) is 15.0 Å². The molecule has 1 aliphatic rings. The average Bonchev–Trinajstić information content (AvgIpc) is 2.81. The zero-order chi connectivity index (χ0) is 13.0. The van der Waals surface area contributed by atoms with Crippen LogP contribution < -0.4 is 0 Å². The van der Waals surface area contributed by atoms with Gasteiger partial charge in [0, 0.05) is 6.54 Å². The number of carbonyl (C=O) groups is 1. The maximum Gasteiger partial charge on any atom is 0.328 e. The van der Waals surface area contributed by atoms with Crippen molar-refractivity contribution in [1.82, 2.24) is 5.06 Å². The van der Waals surface area contributed by atoms with Crippen LogP contribution in [0.2, 0.25) is 0 Å². The number of aliphatic carboxylic acids is 1. The van der Waals surface area contributed by atoms with Crippen LogP contribution in [0.15, 0.2) is 30.3 Å². The number of carboxylic acid groups (broad SMARTS) is 1. The summed E-state index contributed by atoms with van der Waals surface area (Å²) in [6.45, 7) is 0.409. The molecule has 1 atom stereocenters. The number of carboxylic acids is 1. The zero-order valence-corrected chi connectivity index (χ0v) is 10.1. The van der Waals surface area contributed by atoms with Crippen LogP contribution in [0.25, 0.3) is 0 Å². The van der Waals surface area contributed by atoms with E-state index in [-0.39, 0.29) is 0 Å². The van der Waals surface area contributed by atoms with Gasteiger partial charge in [-0.3, -0.25) is 9.63 Å². The van der Waals surface area contributed by atoms with Gasteiger partial charge >= 0.3 is 5.97 Å². The third-order valence-corrected chi connectivity index (χ3v) is 3.32. The van der Waals surface area contributed by atoms with Gasteiger partial charge in [0.05, 0.1) is 13.2 Å². The Morgan fingerprint density at radius 3 is 2.72 bits per heavy atom. The molecule has 5 heteroatoms. The van der Waals surface area contributed by atoms with E-state index >= 15 is 0 Å². The Morgan fingerprint density at radius 1 is 1.39 bits per heavy atom. The van der Waals surface area contributed by atoms with Crippen molar-refractivity contribution >= 4 is 5.97 Å². The van der Waals surface area contributed by atoms with Crippen molar-refractivity contribution in [1.29, 1.82) is 0 Å². The number of hydroxylamine groups is 2. The monoisotopic (exact) mass is 251 g/mol. The van der Waals surface area contributed by atoms with Crippen molar-refractivity contribution in [2.45, 2.75) is 25.0 Å². The largest absolute Gasteiger partial charge is 0.480 e. The number of hydrogen-bond donors (Lipinski definition) is 2. The molecule has 1 aromatic carbocycles. The van der Waals surface area contributed by atoms with Gasteiger partial charge in [-0.1, -0.05) is 30.3 Å². The molecule has 98 valence electrons. The highest BCUT2D eigenvalue weighted by atomic mass is 16.7. The highest BCUT2D eigenvalue weighted by Crippen LogP contribution is 2.30. The lowest BCUT2D eigenvalue weighted by Gasteiger charge is -2.31. The highest BCUT2D eigenvalue weighted by molar-refractivity contribution is 5.79. The van der Waals surface area contributed by atoms with Gasteiger partial charge in [0.15, 0.2) is 5.54 Å². The molecule has 2 N–H and O–H groups in total. The molecule has 1 fully saturated rings. The van der Waals surface area contributed by atoms with E-state index in [1.165, 1.54) is 5.06 Å². The van der Waals surface area contributed by atoms with E-state index in [0.29, 0.717) is 26.0 Å². The van der Waals surface area contributed by atoms with Crippen molar-refractivity contribution in [3.63, 3.8) is 0 Å².